The van der Waals surface area contributed by atoms with Crippen LogP contribution in [0.2, 0.25) is 0 Å². The largest absolute Gasteiger partial charge is 0.465 e. The number of anilines is 1. The van der Waals surface area contributed by atoms with Gasteiger partial charge in [0.05, 0.1) is 5.69 Å². The van der Waals surface area contributed by atoms with E-state index in [1.54, 1.807) is 19.1 Å². The predicted molar refractivity (Wildman–Crippen MR) is 50.6 cm³/mol. The number of rotatable bonds is 2. The summed E-state index contributed by atoms with van der Waals surface area (Å²) in [7, 11) is 0. The number of amides is 1. The van der Waals surface area contributed by atoms with E-state index in [1.165, 1.54) is 12.1 Å². The number of isocyanates is 1. The first-order chi connectivity index (χ1) is 6.65. The monoisotopic (exact) mass is 192 g/mol. The first-order valence-electron chi connectivity index (χ1n) is 3.82. The van der Waals surface area contributed by atoms with Gasteiger partial charge in [0.1, 0.15) is 5.69 Å². The molecule has 1 rings (SSSR count). The molecule has 0 fully saturated rings. The Morgan fingerprint density at radius 3 is 2.86 bits per heavy atom. The van der Waals surface area contributed by atoms with E-state index < -0.39 is 6.09 Å². The SMILES string of the molecule is Cc1cccc(N=C=O)c1NC(=O)O. The van der Waals surface area contributed by atoms with Crippen molar-refractivity contribution < 1.29 is 14.7 Å². The van der Waals surface area contributed by atoms with Crippen LogP contribution in [0.4, 0.5) is 16.2 Å². The number of benzene rings is 1. The molecule has 0 aliphatic carbocycles. The molecule has 0 radical (unpaired) electrons. The fourth-order valence-electron chi connectivity index (χ4n) is 1.06. The molecule has 0 heterocycles. The fourth-order valence-corrected chi connectivity index (χ4v) is 1.06. The Kier molecular flexibility index (Phi) is 2.99. The lowest BCUT2D eigenvalue weighted by molar-refractivity contribution is 0.209. The highest BCUT2D eigenvalue weighted by molar-refractivity contribution is 5.89. The van der Waals surface area contributed by atoms with Gasteiger partial charge in [0.15, 0.2) is 0 Å². The lowest BCUT2D eigenvalue weighted by Gasteiger charge is -2.06. The van der Waals surface area contributed by atoms with Gasteiger partial charge in [-0.3, -0.25) is 5.32 Å². The van der Waals surface area contributed by atoms with Gasteiger partial charge in [-0.25, -0.2) is 9.59 Å². The first-order valence-corrected chi connectivity index (χ1v) is 3.82. The van der Waals surface area contributed by atoms with Crippen LogP contribution in [0.5, 0.6) is 0 Å². The zero-order chi connectivity index (χ0) is 10.6. The van der Waals surface area contributed by atoms with E-state index in [4.69, 9.17) is 5.11 Å². The molecular weight excluding hydrogens is 184 g/mol. The summed E-state index contributed by atoms with van der Waals surface area (Å²) in [6.07, 6.45) is 0.174. The van der Waals surface area contributed by atoms with Gasteiger partial charge in [-0.05, 0) is 18.6 Å². The van der Waals surface area contributed by atoms with Gasteiger partial charge in [0.25, 0.3) is 0 Å². The normalized spacial score (nSPS) is 8.93. The third-order valence-corrected chi connectivity index (χ3v) is 1.65. The minimum absolute atomic E-state index is 0.266. The smallest absolute Gasteiger partial charge is 0.409 e. The second kappa shape index (κ2) is 4.20. The van der Waals surface area contributed by atoms with Crippen molar-refractivity contribution >= 4 is 23.5 Å². The fraction of sp³-hybridized carbons (Fsp3) is 0.111. The lowest BCUT2D eigenvalue weighted by Crippen LogP contribution is -2.08. The van der Waals surface area contributed by atoms with Gasteiger partial charge in [0.2, 0.25) is 6.08 Å². The molecule has 0 saturated heterocycles. The maximum absolute atomic E-state index is 10.4. The van der Waals surface area contributed by atoms with Crippen molar-refractivity contribution in [3.8, 4) is 0 Å². The van der Waals surface area contributed by atoms with Crippen LogP contribution in [-0.2, 0) is 4.79 Å². The molecule has 0 aliphatic heterocycles. The Morgan fingerprint density at radius 1 is 1.57 bits per heavy atom. The van der Waals surface area contributed by atoms with Gasteiger partial charge in [-0.1, -0.05) is 12.1 Å². The van der Waals surface area contributed by atoms with Crippen molar-refractivity contribution in [1.29, 1.82) is 0 Å². The minimum atomic E-state index is -1.19. The van der Waals surface area contributed by atoms with Crippen molar-refractivity contribution in [2.24, 2.45) is 4.99 Å². The standard InChI is InChI=1S/C9H8N2O3/c1-6-3-2-4-7(10-5-12)8(6)11-9(13)14/h2-4,11H,1H3,(H,13,14). The van der Waals surface area contributed by atoms with Gasteiger partial charge >= 0.3 is 6.09 Å². The molecule has 0 atom stereocenters. The van der Waals surface area contributed by atoms with E-state index in [2.05, 4.69) is 10.3 Å². The highest BCUT2D eigenvalue weighted by Crippen LogP contribution is 2.27. The molecule has 0 unspecified atom stereocenters. The molecule has 1 aromatic rings. The first kappa shape index (κ1) is 9.95. The molecule has 72 valence electrons. The Bertz CT molecular complexity index is 409. The molecule has 0 aliphatic rings. The highest BCUT2D eigenvalue weighted by Gasteiger charge is 2.06. The molecule has 0 saturated carbocycles. The third kappa shape index (κ3) is 2.18. The number of hydrogen-bond acceptors (Lipinski definition) is 3. The van der Waals surface area contributed by atoms with E-state index in [0.29, 0.717) is 11.3 Å². The zero-order valence-corrected chi connectivity index (χ0v) is 7.44. The lowest BCUT2D eigenvalue weighted by atomic mass is 10.1. The maximum atomic E-state index is 10.4. The van der Waals surface area contributed by atoms with Crippen LogP contribution in [0.25, 0.3) is 0 Å². The topological polar surface area (TPSA) is 78.8 Å². The molecule has 5 heteroatoms. The molecule has 2 N–H and O–H groups in total. The molecule has 0 aromatic heterocycles. The summed E-state index contributed by atoms with van der Waals surface area (Å²) >= 11 is 0. The predicted octanol–water partition coefficient (Wildman–Crippen LogP) is 2.05. The van der Waals surface area contributed by atoms with Crippen LogP contribution in [0.15, 0.2) is 23.2 Å². The number of nitrogens with zero attached hydrogens (tertiary/aromatic N) is 1. The average molecular weight is 192 g/mol. The Labute approximate surface area is 80.1 Å². The van der Waals surface area contributed by atoms with Crippen LogP contribution in [0.3, 0.4) is 0 Å². The number of aryl methyl sites for hydroxylation is 1. The summed E-state index contributed by atoms with van der Waals surface area (Å²) < 4.78 is 0. The second-order valence-corrected chi connectivity index (χ2v) is 2.60. The molecule has 5 nitrogen and oxygen atoms in total. The Balaban J connectivity index is 3.21. The van der Waals surface area contributed by atoms with Gasteiger partial charge in [0, 0.05) is 0 Å². The van der Waals surface area contributed by atoms with Crippen LogP contribution < -0.4 is 5.32 Å². The van der Waals surface area contributed by atoms with E-state index in [9.17, 15) is 9.59 Å². The van der Waals surface area contributed by atoms with E-state index in [-0.39, 0.29) is 5.69 Å². The van der Waals surface area contributed by atoms with Crippen LogP contribution in [-0.4, -0.2) is 17.3 Å². The van der Waals surface area contributed by atoms with Gasteiger partial charge < -0.3 is 5.11 Å². The number of hydrogen-bond donors (Lipinski definition) is 2. The number of para-hydroxylation sites is 1. The van der Waals surface area contributed by atoms with Crippen LogP contribution in [0, 0.1) is 6.92 Å². The average Bonchev–Trinajstić information content (AvgIpc) is 2.11. The van der Waals surface area contributed by atoms with E-state index in [1.807, 2.05) is 0 Å². The summed E-state index contributed by atoms with van der Waals surface area (Å²) in [6, 6.07) is 4.93. The Hall–Kier alpha value is -2.13. The molecular formula is C9H8N2O3. The van der Waals surface area contributed by atoms with E-state index in [0.717, 1.165) is 0 Å². The third-order valence-electron chi connectivity index (χ3n) is 1.65. The minimum Gasteiger partial charge on any atom is -0.465 e. The highest BCUT2D eigenvalue weighted by atomic mass is 16.4. The van der Waals surface area contributed by atoms with Crippen molar-refractivity contribution in [3.63, 3.8) is 0 Å². The molecule has 1 amide bonds. The number of nitrogens with one attached hydrogen (secondary N) is 1. The van der Waals surface area contributed by atoms with Crippen molar-refractivity contribution in [2.75, 3.05) is 5.32 Å². The van der Waals surface area contributed by atoms with Gasteiger partial charge in [-0.2, -0.15) is 4.99 Å². The number of carbonyl (C=O) groups is 1. The summed E-state index contributed by atoms with van der Waals surface area (Å²) in [5, 5.41) is 10.7. The molecule has 1 aromatic carbocycles. The molecule has 0 bridgehead atoms. The molecule has 0 spiro atoms. The van der Waals surface area contributed by atoms with Crippen LogP contribution >= 0.6 is 0 Å². The Morgan fingerprint density at radius 2 is 2.29 bits per heavy atom. The van der Waals surface area contributed by atoms with Crippen molar-refractivity contribution in [2.45, 2.75) is 6.92 Å². The number of carbonyl (C=O) groups excluding carboxylic acids is 1. The quantitative estimate of drug-likeness (QED) is 0.556. The number of carboxylic acid groups (broad SMARTS) is 1. The van der Waals surface area contributed by atoms with Crippen molar-refractivity contribution in [3.05, 3.63) is 23.8 Å². The second-order valence-electron chi connectivity index (χ2n) is 2.60. The zero-order valence-electron chi connectivity index (χ0n) is 7.44. The number of aliphatic imine (C=N–C) groups is 1. The summed E-state index contributed by atoms with van der Waals surface area (Å²) in [6.45, 7) is 1.72. The summed E-state index contributed by atoms with van der Waals surface area (Å²) in [5.41, 5.74) is 1.27. The maximum Gasteiger partial charge on any atom is 0.409 e. The van der Waals surface area contributed by atoms with Crippen molar-refractivity contribution in [1.82, 2.24) is 0 Å². The molecule has 14 heavy (non-hydrogen) atoms. The summed E-state index contributed by atoms with van der Waals surface area (Å²) in [5.74, 6) is 0. The van der Waals surface area contributed by atoms with Crippen LogP contribution in [0.1, 0.15) is 5.56 Å². The van der Waals surface area contributed by atoms with E-state index >= 15 is 0 Å². The van der Waals surface area contributed by atoms with Gasteiger partial charge in [-0.15, -0.1) is 0 Å². The summed E-state index contributed by atoms with van der Waals surface area (Å²) in [4.78, 5) is 23.9.